The van der Waals surface area contributed by atoms with Gasteiger partial charge in [-0.15, -0.1) is 10.2 Å². The van der Waals surface area contributed by atoms with Gasteiger partial charge in [0.15, 0.2) is 6.73 Å². The summed E-state index contributed by atoms with van der Waals surface area (Å²) in [7, 11) is -2.56. The van der Waals surface area contributed by atoms with E-state index >= 15 is 0 Å². The molecule has 0 amide bonds. The fourth-order valence-corrected chi connectivity index (χ4v) is 2.86. The van der Waals surface area contributed by atoms with Crippen LogP contribution in [0.4, 0.5) is 0 Å². The number of hydrogen-bond donors (Lipinski definition) is 0. The molecule has 0 spiro atoms. The monoisotopic (exact) mass is 283 g/mol. The molecule has 2 fully saturated rings. The smallest absolute Gasteiger partial charge is 0.183 e. The van der Waals surface area contributed by atoms with Crippen LogP contribution in [0.5, 0.6) is 0 Å². The Morgan fingerprint density at radius 2 is 1.56 bits per heavy atom. The Morgan fingerprint density at radius 1 is 1.00 bits per heavy atom. The van der Waals surface area contributed by atoms with Crippen LogP contribution in [-0.4, -0.2) is 37.5 Å². The highest BCUT2D eigenvalue weighted by Crippen LogP contribution is 2.28. The molecule has 6 nitrogen and oxygen atoms in total. The number of halogens is 1. The molecule has 2 rings (SSSR count). The number of rotatable bonds is 1. The van der Waals surface area contributed by atoms with Gasteiger partial charge in [0.2, 0.25) is 0 Å². The Bertz CT molecular complexity index is 228. The van der Waals surface area contributed by atoms with Gasteiger partial charge in [-0.2, -0.15) is 0 Å². The van der Waals surface area contributed by atoms with Crippen LogP contribution in [-0.2, 0) is 4.74 Å². The first-order valence-corrected chi connectivity index (χ1v) is 7.58. The SMILES string of the molecule is C[N+]1(C2CCCCC2)CCCOC1.[O-][Cl+3]([O-])([O-])[O-]. The molecule has 0 aromatic heterocycles. The minimum absolute atomic E-state index is 0.897. The molecule has 1 atom stereocenters. The summed E-state index contributed by atoms with van der Waals surface area (Å²) >= 11 is 0. The number of quaternary nitrogens is 1. The molecule has 0 bridgehead atoms. The first kappa shape index (κ1) is 16.1. The zero-order valence-corrected chi connectivity index (χ0v) is 11.6. The fraction of sp³-hybridized carbons (Fsp3) is 1.00. The highest BCUT2D eigenvalue weighted by atomic mass is 35.7. The molecule has 18 heavy (non-hydrogen) atoms. The average Bonchev–Trinajstić information content (AvgIpc) is 2.29. The Kier molecular flexibility index (Phi) is 6.26. The van der Waals surface area contributed by atoms with E-state index in [0.717, 1.165) is 19.4 Å². The molecule has 108 valence electrons. The zero-order valence-electron chi connectivity index (χ0n) is 10.8. The van der Waals surface area contributed by atoms with Crippen LogP contribution in [0.1, 0.15) is 38.5 Å². The van der Waals surface area contributed by atoms with E-state index in [1.165, 1.54) is 49.6 Å². The summed E-state index contributed by atoms with van der Waals surface area (Å²) in [5, 5.41) is 0. The quantitative estimate of drug-likeness (QED) is 0.491. The summed E-state index contributed by atoms with van der Waals surface area (Å²) < 4.78 is 40.8. The summed E-state index contributed by atoms with van der Waals surface area (Å²) in [6.45, 7) is 3.29. The van der Waals surface area contributed by atoms with Gasteiger partial charge >= 0.3 is 0 Å². The van der Waals surface area contributed by atoms with Gasteiger partial charge in [0.05, 0.1) is 26.2 Å². The highest BCUT2D eigenvalue weighted by Gasteiger charge is 2.35. The van der Waals surface area contributed by atoms with Gasteiger partial charge < -0.3 is 9.22 Å². The predicted octanol–water partition coefficient (Wildman–Crippen LogP) is -2.61. The summed E-state index contributed by atoms with van der Waals surface area (Å²) in [5.74, 6) is 0. The van der Waals surface area contributed by atoms with E-state index in [9.17, 15) is 0 Å². The summed E-state index contributed by atoms with van der Waals surface area (Å²) in [5.41, 5.74) is 0. The van der Waals surface area contributed by atoms with Crippen LogP contribution in [0, 0.1) is 10.2 Å². The van der Waals surface area contributed by atoms with Crippen LogP contribution in [0.3, 0.4) is 0 Å². The molecule has 1 heterocycles. The first-order chi connectivity index (χ1) is 8.31. The molecule has 1 aliphatic heterocycles. The van der Waals surface area contributed by atoms with E-state index in [2.05, 4.69) is 7.05 Å². The number of ether oxygens (including phenoxy) is 1. The van der Waals surface area contributed by atoms with Crippen LogP contribution in [0.25, 0.3) is 0 Å². The molecule has 0 aromatic rings. The van der Waals surface area contributed by atoms with Crippen LogP contribution in [0.2, 0.25) is 0 Å². The molecule has 0 aromatic carbocycles. The van der Waals surface area contributed by atoms with Gasteiger partial charge in [0, 0.05) is 6.42 Å². The van der Waals surface area contributed by atoms with E-state index < -0.39 is 10.2 Å². The van der Waals surface area contributed by atoms with Gasteiger partial charge in [-0.25, -0.2) is 18.6 Å². The molecule has 0 radical (unpaired) electrons. The van der Waals surface area contributed by atoms with E-state index in [0.29, 0.717) is 0 Å². The molecule has 1 unspecified atom stereocenters. The molecule has 7 heteroatoms. The lowest BCUT2D eigenvalue weighted by Gasteiger charge is -2.45. The standard InChI is InChI=1S/C11H22NO.ClHO4/c1-12(8-5-9-13-10-12)11-6-3-2-4-7-11;2-1(3,4)5/h11H,2-10H2,1H3;(H,2,3,4,5)/q+1;/p-1. The van der Waals surface area contributed by atoms with Crippen molar-refractivity contribution in [1.29, 1.82) is 0 Å². The lowest BCUT2D eigenvalue weighted by atomic mass is 9.92. The minimum atomic E-state index is -4.94. The van der Waals surface area contributed by atoms with Crippen molar-refractivity contribution in [3.8, 4) is 0 Å². The van der Waals surface area contributed by atoms with Crippen molar-refractivity contribution >= 4 is 0 Å². The van der Waals surface area contributed by atoms with Crippen molar-refractivity contribution < 1.29 is 38.1 Å². The Hall–Kier alpha value is 0.0500. The van der Waals surface area contributed by atoms with Crippen molar-refractivity contribution in [2.24, 2.45) is 0 Å². The summed E-state index contributed by atoms with van der Waals surface area (Å²) in [6.07, 6.45) is 8.46. The van der Waals surface area contributed by atoms with Crippen molar-refractivity contribution in [3.63, 3.8) is 0 Å². The third kappa shape index (κ3) is 6.29. The van der Waals surface area contributed by atoms with Crippen molar-refractivity contribution in [2.45, 2.75) is 44.6 Å². The second-order valence-electron chi connectivity index (χ2n) is 5.26. The lowest BCUT2D eigenvalue weighted by molar-refractivity contribution is -2.00. The molecular formula is C11H22ClNO5. The van der Waals surface area contributed by atoms with E-state index in [4.69, 9.17) is 23.4 Å². The Labute approximate surface area is 110 Å². The number of hydrogen-bond acceptors (Lipinski definition) is 5. The fourth-order valence-electron chi connectivity index (χ4n) is 2.86. The van der Waals surface area contributed by atoms with Crippen LogP contribution < -0.4 is 18.6 Å². The molecular weight excluding hydrogens is 262 g/mol. The largest absolute Gasteiger partial charge is 0.331 e. The van der Waals surface area contributed by atoms with Gasteiger partial charge in [0.1, 0.15) is 0 Å². The third-order valence-corrected chi connectivity index (χ3v) is 3.80. The van der Waals surface area contributed by atoms with Gasteiger partial charge in [-0.05, 0) is 25.7 Å². The molecule has 2 aliphatic rings. The van der Waals surface area contributed by atoms with Crippen molar-refractivity contribution in [1.82, 2.24) is 0 Å². The Balaban J connectivity index is 0.000000280. The second kappa shape index (κ2) is 7.00. The molecule has 0 N–H and O–H groups in total. The number of nitrogens with zero attached hydrogens (tertiary/aromatic N) is 1. The molecule has 1 aliphatic carbocycles. The lowest BCUT2D eigenvalue weighted by Crippen LogP contribution is -2.68. The van der Waals surface area contributed by atoms with Crippen LogP contribution >= 0.6 is 0 Å². The third-order valence-electron chi connectivity index (χ3n) is 3.80. The average molecular weight is 284 g/mol. The maximum Gasteiger partial charge on any atom is 0.183 e. The maximum atomic E-state index is 8.49. The predicted molar refractivity (Wildman–Crippen MR) is 53.4 cm³/mol. The first-order valence-electron chi connectivity index (χ1n) is 6.35. The van der Waals surface area contributed by atoms with Gasteiger partial charge in [-0.3, -0.25) is 0 Å². The zero-order chi connectivity index (χ0) is 13.6. The molecule has 1 saturated heterocycles. The van der Waals surface area contributed by atoms with Crippen molar-refractivity contribution in [2.75, 3.05) is 26.9 Å². The van der Waals surface area contributed by atoms with E-state index in [1.54, 1.807) is 0 Å². The topological polar surface area (TPSA) is 101 Å². The van der Waals surface area contributed by atoms with E-state index in [-0.39, 0.29) is 0 Å². The minimum Gasteiger partial charge on any atom is -0.331 e. The highest BCUT2D eigenvalue weighted by molar-refractivity contribution is 4.66. The van der Waals surface area contributed by atoms with Gasteiger partial charge in [0.25, 0.3) is 0 Å². The second-order valence-corrected chi connectivity index (χ2v) is 6.02. The van der Waals surface area contributed by atoms with Crippen molar-refractivity contribution in [3.05, 3.63) is 0 Å². The normalized spacial score (nSPS) is 30.5. The Morgan fingerprint density at radius 3 is 2.00 bits per heavy atom. The summed E-state index contributed by atoms with van der Waals surface area (Å²) in [4.78, 5) is 0. The van der Waals surface area contributed by atoms with E-state index in [1.807, 2.05) is 0 Å². The molecule has 1 saturated carbocycles. The summed E-state index contributed by atoms with van der Waals surface area (Å²) in [6, 6.07) is 0.897. The van der Waals surface area contributed by atoms with Gasteiger partial charge in [-0.1, -0.05) is 6.42 Å². The van der Waals surface area contributed by atoms with Crippen LogP contribution in [0.15, 0.2) is 0 Å². The maximum absolute atomic E-state index is 8.49.